The van der Waals surface area contributed by atoms with Crippen LogP contribution in [0.3, 0.4) is 0 Å². The molecule has 0 fully saturated rings. The van der Waals surface area contributed by atoms with Crippen LogP contribution in [0, 0.1) is 17.0 Å². The third kappa shape index (κ3) is 5.35. The predicted octanol–water partition coefficient (Wildman–Crippen LogP) is 1.15. The Hall–Kier alpha value is -1.96. The van der Waals surface area contributed by atoms with Crippen molar-refractivity contribution in [3.05, 3.63) is 22.0 Å². The molecule has 0 aromatic carbocycles. The minimum Gasteiger partial charge on any atom is -0.356 e. The van der Waals surface area contributed by atoms with Crippen molar-refractivity contribution in [3.8, 4) is 0 Å². The van der Waals surface area contributed by atoms with Gasteiger partial charge in [-0.2, -0.15) is 5.10 Å². The first-order valence-electron chi connectivity index (χ1n) is 6.03. The fourth-order valence-electron chi connectivity index (χ4n) is 1.56. The Morgan fingerprint density at radius 1 is 1.50 bits per heavy atom. The maximum Gasteiger partial charge on any atom is 0.309 e. The molecule has 1 rings (SSSR count). The second-order valence-electron chi connectivity index (χ2n) is 4.18. The fraction of sp³-hybridized carbons (Fsp3) is 0.545. The van der Waals surface area contributed by atoms with Gasteiger partial charge in [0.25, 0.3) is 0 Å². The number of hydrogen-bond donors (Lipinski definition) is 1. The molecule has 0 saturated carbocycles. The van der Waals surface area contributed by atoms with E-state index in [0.717, 1.165) is 0 Å². The zero-order chi connectivity index (χ0) is 15.1. The number of hydrogen-bond acceptors (Lipinski definition) is 5. The Labute approximate surface area is 120 Å². The van der Waals surface area contributed by atoms with Crippen molar-refractivity contribution in [2.45, 2.75) is 32.7 Å². The summed E-state index contributed by atoms with van der Waals surface area (Å²) >= 11 is 5.16. The van der Waals surface area contributed by atoms with E-state index in [4.69, 9.17) is 11.6 Å². The Kier molecular flexibility index (Phi) is 6.10. The summed E-state index contributed by atoms with van der Waals surface area (Å²) in [4.78, 5) is 32.1. The van der Waals surface area contributed by atoms with Crippen molar-refractivity contribution in [2.75, 3.05) is 6.54 Å². The van der Waals surface area contributed by atoms with Crippen LogP contribution < -0.4 is 5.32 Å². The Balaban J connectivity index is 2.32. The van der Waals surface area contributed by atoms with E-state index in [1.165, 1.54) is 17.8 Å². The maximum atomic E-state index is 11.5. The lowest BCUT2D eigenvalue weighted by atomic mass is 10.3. The lowest BCUT2D eigenvalue weighted by Crippen LogP contribution is -2.25. The Morgan fingerprint density at radius 3 is 2.75 bits per heavy atom. The minimum atomic E-state index is -0.512. The summed E-state index contributed by atoms with van der Waals surface area (Å²) in [6, 6.07) is 0. The van der Waals surface area contributed by atoms with Gasteiger partial charge in [0.15, 0.2) is 0 Å². The molecule has 110 valence electrons. The van der Waals surface area contributed by atoms with Crippen molar-refractivity contribution in [2.24, 2.45) is 0 Å². The molecule has 0 unspecified atom stereocenters. The number of rotatable bonds is 8. The van der Waals surface area contributed by atoms with Gasteiger partial charge in [-0.1, -0.05) is 0 Å². The minimum absolute atomic E-state index is 0.0639. The number of nitro groups is 1. The molecule has 0 saturated heterocycles. The fourth-order valence-corrected chi connectivity index (χ4v) is 1.69. The summed E-state index contributed by atoms with van der Waals surface area (Å²) in [5.74, 6) is -0.206. The highest BCUT2D eigenvalue weighted by molar-refractivity contribution is 6.63. The van der Waals surface area contributed by atoms with Gasteiger partial charge in [0.05, 0.1) is 4.92 Å². The van der Waals surface area contributed by atoms with Gasteiger partial charge in [-0.15, -0.1) is 0 Å². The molecule has 0 spiro atoms. The van der Waals surface area contributed by atoms with E-state index in [0.29, 0.717) is 18.7 Å². The van der Waals surface area contributed by atoms with Crippen molar-refractivity contribution >= 4 is 28.4 Å². The van der Waals surface area contributed by atoms with Gasteiger partial charge < -0.3 is 5.32 Å². The van der Waals surface area contributed by atoms with Gasteiger partial charge in [-0.05, 0) is 24.9 Å². The van der Waals surface area contributed by atoms with Gasteiger partial charge in [0.1, 0.15) is 11.9 Å². The lowest BCUT2D eigenvalue weighted by Gasteiger charge is -2.04. The van der Waals surface area contributed by atoms with Gasteiger partial charge in [0.2, 0.25) is 11.1 Å². The third-order valence-corrected chi connectivity index (χ3v) is 2.75. The molecule has 9 heteroatoms. The number of halogens is 1. The van der Waals surface area contributed by atoms with Crippen LogP contribution in [0.4, 0.5) is 5.69 Å². The van der Waals surface area contributed by atoms with Gasteiger partial charge in [-0.3, -0.25) is 24.4 Å². The highest BCUT2D eigenvalue weighted by Crippen LogP contribution is 2.14. The van der Waals surface area contributed by atoms with Crippen LogP contribution in [0.2, 0.25) is 0 Å². The second-order valence-corrected chi connectivity index (χ2v) is 4.60. The SMILES string of the molecule is Cc1nn(CCC(=O)NCCCC(=O)Cl)cc1[N+](=O)[O-]. The predicted molar refractivity (Wildman–Crippen MR) is 71.3 cm³/mol. The third-order valence-electron chi connectivity index (χ3n) is 2.56. The number of aryl methyl sites for hydroxylation is 2. The quantitative estimate of drug-likeness (QED) is 0.335. The Morgan fingerprint density at radius 2 is 2.20 bits per heavy atom. The average Bonchev–Trinajstić information content (AvgIpc) is 2.73. The number of nitrogens with one attached hydrogen (secondary N) is 1. The van der Waals surface area contributed by atoms with E-state index in [-0.39, 0.29) is 31.0 Å². The first-order valence-corrected chi connectivity index (χ1v) is 6.41. The molecule has 1 aromatic heterocycles. The maximum absolute atomic E-state index is 11.5. The first-order chi connectivity index (χ1) is 9.40. The summed E-state index contributed by atoms with van der Waals surface area (Å²) in [5.41, 5.74) is 0.252. The molecule has 0 aliphatic carbocycles. The molecular formula is C11H15ClN4O4. The molecule has 0 radical (unpaired) electrons. The van der Waals surface area contributed by atoms with Crippen LogP contribution in [0.5, 0.6) is 0 Å². The van der Waals surface area contributed by atoms with E-state index < -0.39 is 10.2 Å². The topological polar surface area (TPSA) is 107 Å². The summed E-state index contributed by atoms with van der Waals surface area (Å²) in [6.45, 7) is 2.17. The van der Waals surface area contributed by atoms with Crippen molar-refractivity contribution in [1.82, 2.24) is 15.1 Å². The van der Waals surface area contributed by atoms with Crippen LogP contribution in [0.1, 0.15) is 25.0 Å². The second kappa shape index (κ2) is 7.59. The zero-order valence-corrected chi connectivity index (χ0v) is 11.7. The summed E-state index contributed by atoms with van der Waals surface area (Å²) < 4.78 is 1.37. The van der Waals surface area contributed by atoms with Crippen molar-refractivity contribution in [1.29, 1.82) is 0 Å². The molecule has 1 aromatic rings. The number of carbonyl (C=O) groups is 2. The highest BCUT2D eigenvalue weighted by atomic mass is 35.5. The van der Waals surface area contributed by atoms with Crippen molar-refractivity contribution < 1.29 is 14.5 Å². The summed E-state index contributed by atoms with van der Waals surface area (Å²) in [5, 5.41) is 16.8. The molecule has 20 heavy (non-hydrogen) atoms. The van der Waals surface area contributed by atoms with Crippen LogP contribution in [0.25, 0.3) is 0 Å². The molecule has 0 aliphatic heterocycles. The monoisotopic (exact) mass is 302 g/mol. The van der Waals surface area contributed by atoms with E-state index >= 15 is 0 Å². The van der Waals surface area contributed by atoms with E-state index in [2.05, 4.69) is 10.4 Å². The zero-order valence-electron chi connectivity index (χ0n) is 11.0. The van der Waals surface area contributed by atoms with Gasteiger partial charge in [0, 0.05) is 25.9 Å². The number of amides is 1. The highest BCUT2D eigenvalue weighted by Gasteiger charge is 2.15. The number of carbonyl (C=O) groups excluding carboxylic acids is 2. The molecule has 8 nitrogen and oxygen atoms in total. The molecule has 0 aliphatic rings. The lowest BCUT2D eigenvalue weighted by molar-refractivity contribution is -0.385. The van der Waals surface area contributed by atoms with E-state index in [9.17, 15) is 19.7 Å². The first kappa shape index (κ1) is 16.1. The normalized spacial score (nSPS) is 10.3. The molecule has 0 bridgehead atoms. The van der Waals surface area contributed by atoms with E-state index in [1.807, 2.05) is 0 Å². The summed E-state index contributed by atoms with van der Waals surface area (Å²) in [7, 11) is 0. The smallest absolute Gasteiger partial charge is 0.309 e. The molecule has 1 heterocycles. The molecule has 0 atom stereocenters. The molecule has 1 amide bonds. The van der Waals surface area contributed by atoms with Crippen LogP contribution in [0.15, 0.2) is 6.20 Å². The standard InChI is InChI=1S/C11H15ClN4O4/c1-8-9(16(19)20)7-15(14-8)6-4-11(18)13-5-2-3-10(12)17/h7H,2-6H2,1H3,(H,13,18). The van der Waals surface area contributed by atoms with Crippen LogP contribution in [-0.4, -0.2) is 32.4 Å². The van der Waals surface area contributed by atoms with Crippen LogP contribution >= 0.6 is 11.6 Å². The van der Waals surface area contributed by atoms with Gasteiger partial charge in [-0.25, -0.2) is 0 Å². The molecule has 1 N–H and O–H groups in total. The Bertz CT molecular complexity index is 515. The molecular weight excluding hydrogens is 288 g/mol. The average molecular weight is 303 g/mol. The van der Waals surface area contributed by atoms with Gasteiger partial charge >= 0.3 is 5.69 Å². The van der Waals surface area contributed by atoms with Crippen molar-refractivity contribution in [3.63, 3.8) is 0 Å². The largest absolute Gasteiger partial charge is 0.356 e. The number of aromatic nitrogens is 2. The van der Waals surface area contributed by atoms with E-state index in [1.54, 1.807) is 0 Å². The number of nitrogens with zero attached hydrogens (tertiary/aromatic N) is 3. The van der Waals surface area contributed by atoms with Crippen LogP contribution in [-0.2, 0) is 16.1 Å². The summed E-state index contributed by atoms with van der Waals surface area (Å²) in [6.07, 6.45) is 2.16.